The molecule has 1 aliphatic carbocycles. The van der Waals surface area contributed by atoms with Crippen LogP contribution < -0.4 is 11.5 Å². The Morgan fingerprint density at radius 1 is 1.18 bits per heavy atom. The zero-order chi connectivity index (χ0) is 24.0. The lowest BCUT2D eigenvalue weighted by Gasteiger charge is -2.32. The normalized spacial score (nSPS) is 24.9. The van der Waals surface area contributed by atoms with E-state index in [-0.39, 0.29) is 6.04 Å². The van der Waals surface area contributed by atoms with Crippen LogP contribution in [0.15, 0.2) is 47.3 Å². The Bertz CT molecular complexity index is 1360. The highest BCUT2D eigenvalue weighted by Gasteiger charge is 2.53. The number of rotatable bonds is 6. The Kier molecular flexibility index (Phi) is 5.93. The predicted octanol–water partition coefficient (Wildman–Crippen LogP) is 2.84. The van der Waals surface area contributed by atoms with E-state index in [0.29, 0.717) is 43.2 Å². The minimum atomic E-state index is -0.975. The second-order valence-corrected chi connectivity index (χ2v) is 9.96. The number of ether oxygens (including phenoxy) is 1. The van der Waals surface area contributed by atoms with E-state index >= 15 is 0 Å². The van der Waals surface area contributed by atoms with Crippen LogP contribution in [-0.4, -0.2) is 55.7 Å². The number of pyridine rings is 1. The van der Waals surface area contributed by atoms with Crippen molar-refractivity contribution < 1.29 is 14.9 Å². The van der Waals surface area contributed by atoms with Crippen LogP contribution in [0.3, 0.4) is 0 Å². The van der Waals surface area contributed by atoms with Crippen molar-refractivity contribution >= 4 is 49.5 Å². The van der Waals surface area contributed by atoms with Crippen LogP contribution in [0.5, 0.6) is 0 Å². The number of hydrogen-bond acceptors (Lipinski definition) is 8. The largest absolute Gasteiger partial charge is 0.390 e. The number of anilines is 2. The van der Waals surface area contributed by atoms with E-state index in [1.807, 2.05) is 35.0 Å². The van der Waals surface area contributed by atoms with Crippen molar-refractivity contribution in [1.29, 1.82) is 0 Å². The summed E-state index contributed by atoms with van der Waals surface area (Å²) in [6.45, 7) is 0.323. The number of aliphatic hydroxyl groups is 2. The molecule has 9 nitrogen and oxygen atoms in total. The quantitative estimate of drug-likeness (QED) is 0.300. The fourth-order valence-electron chi connectivity index (χ4n) is 5.26. The molecule has 1 aliphatic rings. The maximum Gasteiger partial charge on any atom is 0.145 e. The first kappa shape index (κ1) is 23.0. The maximum atomic E-state index is 11.2. The highest BCUT2D eigenvalue weighted by molar-refractivity contribution is 9.10. The standard InChI is InChI=1S/C24H27BrN6O3/c1-34-11-24(6-4-13-2-3-14-9-16(25)22(27)30-17(14)8-13)10-18(19(32)20(24)33)31-7-5-15-21(26)28-12-29-23(15)31/h2-3,5,7-9,12,18-20,32-33H,4,6,10-11H2,1H3,(H2,27,30)(H2,26,28,29)/t18-,19+,20+,24+/m1/s1. The van der Waals surface area contributed by atoms with E-state index in [1.165, 1.54) is 6.33 Å². The number of nitrogen functional groups attached to an aromatic ring is 2. The van der Waals surface area contributed by atoms with Crippen LogP contribution in [0.1, 0.15) is 24.4 Å². The van der Waals surface area contributed by atoms with Gasteiger partial charge in [0.2, 0.25) is 0 Å². The number of halogens is 1. The van der Waals surface area contributed by atoms with E-state index in [2.05, 4.69) is 36.9 Å². The van der Waals surface area contributed by atoms with Crippen LogP contribution in [0.25, 0.3) is 21.9 Å². The number of aliphatic hydroxyl groups excluding tert-OH is 2. The number of nitrogens with two attached hydrogens (primary N) is 2. The van der Waals surface area contributed by atoms with Crippen molar-refractivity contribution in [3.05, 3.63) is 52.9 Å². The Morgan fingerprint density at radius 2 is 2.00 bits per heavy atom. The summed E-state index contributed by atoms with van der Waals surface area (Å²) in [6, 6.07) is 9.52. The molecular weight excluding hydrogens is 500 g/mol. The number of methoxy groups -OCH3 is 1. The second kappa shape index (κ2) is 8.77. The van der Waals surface area contributed by atoms with E-state index in [0.717, 1.165) is 26.3 Å². The first-order chi connectivity index (χ1) is 16.3. The SMILES string of the molecule is COC[C@]1(CCc2ccc3cc(Br)c(N)nc3c2)C[C@@H](n2ccc3c(N)ncnc32)[C@H](O)[C@@H]1O. The molecule has 34 heavy (non-hydrogen) atoms. The van der Waals surface area contributed by atoms with E-state index in [9.17, 15) is 10.2 Å². The van der Waals surface area contributed by atoms with Gasteiger partial charge in [-0.25, -0.2) is 15.0 Å². The van der Waals surface area contributed by atoms with Gasteiger partial charge in [-0.3, -0.25) is 0 Å². The third-order valence-corrected chi connectivity index (χ3v) is 7.70. The maximum absolute atomic E-state index is 11.2. The zero-order valence-electron chi connectivity index (χ0n) is 18.7. The molecule has 0 unspecified atom stereocenters. The van der Waals surface area contributed by atoms with Gasteiger partial charge in [-0.05, 0) is 59.0 Å². The predicted molar refractivity (Wildman–Crippen MR) is 134 cm³/mol. The summed E-state index contributed by atoms with van der Waals surface area (Å²) < 4.78 is 8.20. The van der Waals surface area contributed by atoms with Gasteiger partial charge in [0.1, 0.15) is 29.7 Å². The Hall–Kier alpha value is -2.79. The Balaban J connectivity index is 1.43. The molecule has 10 heteroatoms. The molecule has 4 aromatic rings. The molecule has 4 atom stereocenters. The van der Waals surface area contributed by atoms with Crippen molar-refractivity contribution in [3.63, 3.8) is 0 Å². The van der Waals surface area contributed by atoms with E-state index < -0.39 is 17.6 Å². The lowest BCUT2D eigenvalue weighted by molar-refractivity contribution is -0.0598. The van der Waals surface area contributed by atoms with Gasteiger partial charge in [-0.15, -0.1) is 0 Å². The second-order valence-electron chi connectivity index (χ2n) is 9.10. The lowest BCUT2D eigenvalue weighted by atomic mass is 9.79. The molecule has 178 valence electrons. The highest BCUT2D eigenvalue weighted by Crippen LogP contribution is 2.48. The molecule has 0 radical (unpaired) electrons. The van der Waals surface area contributed by atoms with Gasteiger partial charge in [0.25, 0.3) is 0 Å². The van der Waals surface area contributed by atoms with Crippen molar-refractivity contribution in [3.8, 4) is 0 Å². The fraction of sp³-hybridized carbons (Fsp3) is 0.375. The molecule has 0 bridgehead atoms. The summed E-state index contributed by atoms with van der Waals surface area (Å²) >= 11 is 3.42. The highest BCUT2D eigenvalue weighted by atomic mass is 79.9. The third-order valence-electron chi connectivity index (χ3n) is 7.06. The number of hydrogen-bond donors (Lipinski definition) is 4. The molecule has 3 aromatic heterocycles. The molecule has 1 aromatic carbocycles. The fourth-order valence-corrected chi connectivity index (χ4v) is 5.59. The average Bonchev–Trinajstić information content (AvgIpc) is 3.35. The van der Waals surface area contributed by atoms with Gasteiger partial charge in [0.05, 0.1) is 34.1 Å². The number of nitrogens with zero attached hydrogens (tertiary/aromatic N) is 4. The zero-order valence-corrected chi connectivity index (χ0v) is 20.3. The minimum Gasteiger partial charge on any atom is -0.390 e. The molecule has 6 N–H and O–H groups in total. The topological polar surface area (TPSA) is 145 Å². The van der Waals surface area contributed by atoms with E-state index in [4.69, 9.17) is 16.2 Å². The van der Waals surface area contributed by atoms with Gasteiger partial charge in [0.15, 0.2) is 0 Å². The minimum absolute atomic E-state index is 0.323. The summed E-state index contributed by atoms with van der Waals surface area (Å²) in [5.74, 6) is 0.832. The van der Waals surface area contributed by atoms with Crippen LogP contribution in [0.2, 0.25) is 0 Å². The molecule has 0 amide bonds. The summed E-state index contributed by atoms with van der Waals surface area (Å²) in [5, 5.41) is 24.0. The summed E-state index contributed by atoms with van der Waals surface area (Å²) in [5.41, 5.74) is 13.9. The average molecular weight is 527 g/mol. The van der Waals surface area contributed by atoms with Crippen molar-refractivity contribution in [2.45, 2.75) is 37.5 Å². The van der Waals surface area contributed by atoms with Gasteiger partial charge in [0, 0.05) is 24.1 Å². The summed E-state index contributed by atoms with van der Waals surface area (Å²) in [4.78, 5) is 12.9. The molecule has 0 aliphatic heterocycles. The van der Waals surface area contributed by atoms with E-state index in [1.54, 1.807) is 7.11 Å². The Labute approximate surface area is 204 Å². The third kappa shape index (κ3) is 3.80. The number of aromatic nitrogens is 4. The molecule has 0 spiro atoms. The van der Waals surface area contributed by atoms with Gasteiger partial charge in [-0.2, -0.15) is 0 Å². The van der Waals surface area contributed by atoms with Crippen LogP contribution in [0.4, 0.5) is 11.6 Å². The molecule has 3 heterocycles. The van der Waals surface area contributed by atoms with Gasteiger partial charge in [-0.1, -0.05) is 12.1 Å². The van der Waals surface area contributed by atoms with Crippen molar-refractivity contribution in [2.75, 3.05) is 25.2 Å². The Morgan fingerprint density at radius 3 is 2.79 bits per heavy atom. The first-order valence-corrected chi connectivity index (χ1v) is 11.9. The van der Waals surface area contributed by atoms with Crippen LogP contribution in [0, 0.1) is 5.41 Å². The first-order valence-electron chi connectivity index (χ1n) is 11.1. The summed E-state index contributed by atoms with van der Waals surface area (Å²) in [6.07, 6.45) is 3.17. The van der Waals surface area contributed by atoms with Gasteiger partial charge >= 0.3 is 0 Å². The molecule has 1 fully saturated rings. The van der Waals surface area contributed by atoms with Crippen LogP contribution >= 0.6 is 15.9 Å². The molecule has 0 saturated heterocycles. The van der Waals surface area contributed by atoms with Crippen molar-refractivity contribution in [2.24, 2.45) is 5.41 Å². The molecular formula is C24H27BrN6O3. The molecule has 5 rings (SSSR count). The monoisotopic (exact) mass is 526 g/mol. The van der Waals surface area contributed by atoms with Crippen LogP contribution in [-0.2, 0) is 11.2 Å². The molecule has 1 saturated carbocycles. The lowest BCUT2D eigenvalue weighted by Crippen LogP contribution is -2.40. The van der Waals surface area contributed by atoms with Crippen molar-refractivity contribution in [1.82, 2.24) is 19.5 Å². The smallest absolute Gasteiger partial charge is 0.145 e. The number of aryl methyl sites for hydroxylation is 1. The number of fused-ring (bicyclic) bond motifs is 2. The summed E-state index contributed by atoms with van der Waals surface area (Å²) in [7, 11) is 1.62. The number of benzene rings is 1. The van der Waals surface area contributed by atoms with Gasteiger partial charge < -0.3 is 31.0 Å².